The van der Waals surface area contributed by atoms with Crippen LogP contribution in [0.5, 0.6) is 0 Å². The first-order valence-electron chi connectivity index (χ1n) is 6.02. The summed E-state index contributed by atoms with van der Waals surface area (Å²) in [6.07, 6.45) is 3.43. The first kappa shape index (κ1) is 12.4. The van der Waals surface area contributed by atoms with Gasteiger partial charge >= 0.3 is 0 Å². The fourth-order valence-corrected chi connectivity index (χ4v) is 1.93. The second-order valence-electron chi connectivity index (χ2n) is 4.26. The van der Waals surface area contributed by atoms with E-state index < -0.39 is 0 Å². The highest BCUT2D eigenvalue weighted by Crippen LogP contribution is 2.20. The number of hydrogen-bond acceptors (Lipinski definition) is 4. The summed E-state index contributed by atoms with van der Waals surface area (Å²) in [4.78, 5) is 8.54. The molecule has 1 unspecified atom stereocenters. The lowest BCUT2D eigenvalue weighted by Crippen LogP contribution is -2.10. The van der Waals surface area contributed by atoms with Crippen LogP contribution in [-0.2, 0) is 0 Å². The van der Waals surface area contributed by atoms with E-state index in [1.165, 1.54) is 11.1 Å². The highest BCUT2D eigenvalue weighted by atomic mass is 15.1. The van der Waals surface area contributed by atoms with Crippen LogP contribution in [0.1, 0.15) is 24.1 Å². The van der Waals surface area contributed by atoms with Crippen molar-refractivity contribution in [2.75, 3.05) is 17.7 Å². The summed E-state index contributed by atoms with van der Waals surface area (Å²) >= 11 is 0. The standard InChI is InChI=1S/C14H18N4/c1-10-6-4-5-7-12(10)11(2)17-14-9-16-8-13(15-3)18-14/h4-9,11H,1-3H3,(H2,15,17,18). The van der Waals surface area contributed by atoms with Gasteiger partial charge in [0.2, 0.25) is 0 Å². The molecule has 0 spiro atoms. The maximum absolute atomic E-state index is 4.40. The van der Waals surface area contributed by atoms with E-state index in [0.29, 0.717) is 0 Å². The van der Waals surface area contributed by atoms with Gasteiger partial charge in [0.1, 0.15) is 11.6 Å². The van der Waals surface area contributed by atoms with E-state index in [-0.39, 0.29) is 6.04 Å². The van der Waals surface area contributed by atoms with Gasteiger partial charge in [-0.15, -0.1) is 0 Å². The molecule has 1 atom stereocenters. The van der Waals surface area contributed by atoms with E-state index in [0.717, 1.165) is 11.6 Å². The van der Waals surface area contributed by atoms with Crippen molar-refractivity contribution in [2.45, 2.75) is 19.9 Å². The fourth-order valence-electron chi connectivity index (χ4n) is 1.93. The van der Waals surface area contributed by atoms with Crippen LogP contribution < -0.4 is 10.6 Å². The van der Waals surface area contributed by atoms with Gasteiger partial charge in [0.05, 0.1) is 18.4 Å². The molecule has 0 aliphatic carbocycles. The van der Waals surface area contributed by atoms with Crippen molar-refractivity contribution in [3.05, 3.63) is 47.8 Å². The van der Waals surface area contributed by atoms with Gasteiger partial charge in [-0.3, -0.25) is 4.98 Å². The van der Waals surface area contributed by atoms with Gasteiger partial charge in [-0.1, -0.05) is 24.3 Å². The normalized spacial score (nSPS) is 11.9. The number of nitrogens with zero attached hydrogens (tertiary/aromatic N) is 2. The van der Waals surface area contributed by atoms with Crippen molar-refractivity contribution >= 4 is 11.6 Å². The molecular formula is C14H18N4. The van der Waals surface area contributed by atoms with Crippen molar-refractivity contribution < 1.29 is 0 Å². The molecule has 1 heterocycles. The van der Waals surface area contributed by atoms with Gasteiger partial charge in [-0.25, -0.2) is 4.98 Å². The van der Waals surface area contributed by atoms with Crippen molar-refractivity contribution in [1.82, 2.24) is 9.97 Å². The van der Waals surface area contributed by atoms with E-state index >= 15 is 0 Å². The lowest BCUT2D eigenvalue weighted by Gasteiger charge is -2.17. The molecule has 0 radical (unpaired) electrons. The van der Waals surface area contributed by atoms with E-state index in [9.17, 15) is 0 Å². The fraction of sp³-hybridized carbons (Fsp3) is 0.286. The summed E-state index contributed by atoms with van der Waals surface area (Å²) < 4.78 is 0. The Kier molecular flexibility index (Phi) is 3.77. The van der Waals surface area contributed by atoms with Gasteiger partial charge in [-0.2, -0.15) is 0 Å². The zero-order valence-corrected chi connectivity index (χ0v) is 10.9. The third-order valence-electron chi connectivity index (χ3n) is 2.91. The third kappa shape index (κ3) is 2.77. The van der Waals surface area contributed by atoms with Crippen LogP contribution in [0, 0.1) is 6.92 Å². The van der Waals surface area contributed by atoms with E-state index in [4.69, 9.17) is 0 Å². The summed E-state index contributed by atoms with van der Waals surface area (Å²) in [6.45, 7) is 4.24. The summed E-state index contributed by atoms with van der Waals surface area (Å²) in [6, 6.07) is 8.54. The lowest BCUT2D eigenvalue weighted by atomic mass is 10.0. The number of aromatic nitrogens is 2. The quantitative estimate of drug-likeness (QED) is 0.865. The molecule has 0 saturated carbocycles. The largest absolute Gasteiger partial charge is 0.372 e. The molecule has 4 heteroatoms. The molecule has 0 aliphatic heterocycles. The van der Waals surface area contributed by atoms with E-state index in [1.807, 2.05) is 13.1 Å². The Balaban J connectivity index is 2.16. The lowest BCUT2D eigenvalue weighted by molar-refractivity contribution is 0.862. The monoisotopic (exact) mass is 242 g/mol. The number of nitrogens with one attached hydrogen (secondary N) is 2. The SMILES string of the molecule is CNc1cncc(NC(C)c2ccccc2C)n1. The molecule has 2 rings (SSSR count). The average Bonchev–Trinajstić information content (AvgIpc) is 2.39. The Morgan fingerprint density at radius 3 is 2.56 bits per heavy atom. The van der Waals surface area contributed by atoms with Crippen molar-refractivity contribution in [2.24, 2.45) is 0 Å². The topological polar surface area (TPSA) is 49.8 Å². The zero-order valence-electron chi connectivity index (χ0n) is 10.9. The predicted octanol–water partition coefficient (Wildman–Crippen LogP) is 3.00. The molecule has 18 heavy (non-hydrogen) atoms. The van der Waals surface area contributed by atoms with Crippen LogP contribution in [-0.4, -0.2) is 17.0 Å². The summed E-state index contributed by atoms with van der Waals surface area (Å²) in [5, 5.41) is 6.34. The van der Waals surface area contributed by atoms with Gasteiger partial charge in [-0.05, 0) is 25.0 Å². The molecule has 2 N–H and O–H groups in total. The molecule has 1 aromatic carbocycles. The summed E-state index contributed by atoms with van der Waals surface area (Å²) in [5.41, 5.74) is 2.55. The molecule has 0 saturated heterocycles. The number of aryl methyl sites for hydroxylation is 1. The van der Waals surface area contributed by atoms with Crippen molar-refractivity contribution in [3.8, 4) is 0 Å². The molecule has 94 valence electrons. The zero-order chi connectivity index (χ0) is 13.0. The number of hydrogen-bond donors (Lipinski definition) is 2. The minimum Gasteiger partial charge on any atom is -0.372 e. The van der Waals surface area contributed by atoms with Crippen LogP contribution in [0.15, 0.2) is 36.7 Å². The Morgan fingerprint density at radius 1 is 1.11 bits per heavy atom. The molecular weight excluding hydrogens is 224 g/mol. The average molecular weight is 242 g/mol. The minimum atomic E-state index is 0.201. The molecule has 1 aromatic heterocycles. The summed E-state index contributed by atoms with van der Waals surface area (Å²) in [5.74, 6) is 1.54. The van der Waals surface area contributed by atoms with Crippen molar-refractivity contribution in [3.63, 3.8) is 0 Å². The second-order valence-corrected chi connectivity index (χ2v) is 4.26. The summed E-state index contributed by atoms with van der Waals surface area (Å²) in [7, 11) is 1.83. The molecule has 2 aromatic rings. The number of rotatable bonds is 4. The van der Waals surface area contributed by atoms with Crippen LogP contribution in [0.2, 0.25) is 0 Å². The minimum absolute atomic E-state index is 0.201. The predicted molar refractivity (Wildman–Crippen MR) is 74.8 cm³/mol. The first-order valence-corrected chi connectivity index (χ1v) is 6.02. The Bertz CT molecular complexity index is 525. The second kappa shape index (κ2) is 5.49. The van der Waals surface area contributed by atoms with Gasteiger partial charge < -0.3 is 10.6 Å². The maximum atomic E-state index is 4.40. The van der Waals surface area contributed by atoms with Gasteiger partial charge in [0, 0.05) is 7.05 Å². The van der Waals surface area contributed by atoms with Crippen LogP contribution in [0.4, 0.5) is 11.6 Å². The molecule has 0 bridgehead atoms. The van der Waals surface area contributed by atoms with Crippen molar-refractivity contribution in [1.29, 1.82) is 0 Å². The van der Waals surface area contributed by atoms with Crippen LogP contribution >= 0.6 is 0 Å². The number of benzene rings is 1. The third-order valence-corrected chi connectivity index (χ3v) is 2.91. The molecule has 0 fully saturated rings. The Morgan fingerprint density at radius 2 is 1.83 bits per heavy atom. The van der Waals surface area contributed by atoms with E-state index in [1.54, 1.807) is 12.4 Å². The highest BCUT2D eigenvalue weighted by Gasteiger charge is 2.08. The van der Waals surface area contributed by atoms with Gasteiger partial charge in [0.15, 0.2) is 0 Å². The first-order chi connectivity index (χ1) is 8.70. The molecule has 0 aliphatic rings. The number of anilines is 2. The van der Waals surface area contributed by atoms with E-state index in [2.05, 4.69) is 52.6 Å². The Hall–Kier alpha value is -2.10. The smallest absolute Gasteiger partial charge is 0.147 e. The molecule has 4 nitrogen and oxygen atoms in total. The Labute approximate surface area is 107 Å². The van der Waals surface area contributed by atoms with Gasteiger partial charge in [0.25, 0.3) is 0 Å². The maximum Gasteiger partial charge on any atom is 0.147 e. The molecule has 0 amide bonds. The van der Waals surface area contributed by atoms with Crippen LogP contribution in [0.25, 0.3) is 0 Å². The van der Waals surface area contributed by atoms with Crippen LogP contribution in [0.3, 0.4) is 0 Å². The highest BCUT2D eigenvalue weighted by molar-refractivity contribution is 5.43.